The molecule has 1 aliphatic rings. The highest BCUT2D eigenvalue weighted by Crippen LogP contribution is 2.25. The summed E-state index contributed by atoms with van der Waals surface area (Å²) in [5.74, 6) is 0.109. The summed E-state index contributed by atoms with van der Waals surface area (Å²) in [6, 6.07) is 1.83. The smallest absolute Gasteiger partial charge is 0.269 e. The van der Waals surface area contributed by atoms with Crippen LogP contribution in [0.4, 0.5) is 0 Å². The number of pyridine rings is 1. The summed E-state index contributed by atoms with van der Waals surface area (Å²) in [6.45, 7) is 9.73. The summed E-state index contributed by atoms with van der Waals surface area (Å²) in [6.07, 6.45) is 4.31. The van der Waals surface area contributed by atoms with Crippen molar-refractivity contribution in [2.24, 2.45) is 13.0 Å². The van der Waals surface area contributed by atoms with Crippen molar-refractivity contribution in [2.75, 3.05) is 6.54 Å². The lowest BCUT2D eigenvalue weighted by Crippen LogP contribution is -2.39. The van der Waals surface area contributed by atoms with Gasteiger partial charge in [-0.05, 0) is 48.9 Å². The molecule has 2 aromatic heterocycles. The zero-order valence-electron chi connectivity index (χ0n) is 18.1. The fourth-order valence-electron chi connectivity index (χ4n) is 3.80. The molecule has 0 aliphatic carbocycles. The molecule has 0 aromatic carbocycles. The normalized spacial score (nSPS) is 14.4. The average molecular weight is 398 g/mol. The van der Waals surface area contributed by atoms with Crippen molar-refractivity contribution < 1.29 is 9.59 Å². The molecule has 0 unspecified atom stereocenters. The summed E-state index contributed by atoms with van der Waals surface area (Å²) < 4.78 is 1.62. The molecule has 2 amide bonds. The Morgan fingerprint density at radius 2 is 2.07 bits per heavy atom. The SMILES string of the molecule is CCc1cc(C(=O)NCc2c(C)ncc3c2CCN(C(=O)[C@@H](C)CC)C3)n(C)n1. The molecular formula is C22H31N5O2. The maximum Gasteiger partial charge on any atom is 0.269 e. The first kappa shape index (κ1) is 21.0. The number of fused-ring (bicyclic) bond motifs is 1. The van der Waals surface area contributed by atoms with Gasteiger partial charge < -0.3 is 10.2 Å². The van der Waals surface area contributed by atoms with Crippen LogP contribution in [0, 0.1) is 12.8 Å². The highest BCUT2D eigenvalue weighted by Gasteiger charge is 2.26. The van der Waals surface area contributed by atoms with Crippen LogP contribution in [0.25, 0.3) is 0 Å². The third-order valence-corrected chi connectivity index (χ3v) is 5.89. The van der Waals surface area contributed by atoms with Gasteiger partial charge in [-0.3, -0.25) is 19.3 Å². The Morgan fingerprint density at radius 3 is 2.72 bits per heavy atom. The second kappa shape index (κ2) is 8.76. The first-order valence-electron chi connectivity index (χ1n) is 10.4. The van der Waals surface area contributed by atoms with Crippen molar-refractivity contribution in [3.8, 4) is 0 Å². The molecule has 3 rings (SSSR count). The van der Waals surface area contributed by atoms with E-state index in [9.17, 15) is 9.59 Å². The van der Waals surface area contributed by atoms with Crippen molar-refractivity contribution in [1.82, 2.24) is 25.0 Å². The second-order valence-electron chi connectivity index (χ2n) is 7.83. The average Bonchev–Trinajstić information content (AvgIpc) is 3.12. The number of rotatable bonds is 6. The lowest BCUT2D eigenvalue weighted by molar-refractivity contribution is -0.136. The Kier molecular flexibility index (Phi) is 6.35. The van der Waals surface area contributed by atoms with Crippen LogP contribution in [0.3, 0.4) is 0 Å². The van der Waals surface area contributed by atoms with E-state index < -0.39 is 0 Å². The van der Waals surface area contributed by atoms with E-state index in [1.165, 1.54) is 5.56 Å². The van der Waals surface area contributed by atoms with Crippen molar-refractivity contribution in [3.05, 3.63) is 46.0 Å². The molecule has 1 aliphatic heterocycles. The monoisotopic (exact) mass is 397 g/mol. The van der Waals surface area contributed by atoms with Crippen LogP contribution in [0.2, 0.25) is 0 Å². The summed E-state index contributed by atoms with van der Waals surface area (Å²) in [5.41, 5.74) is 5.73. The zero-order valence-corrected chi connectivity index (χ0v) is 18.1. The number of carbonyl (C=O) groups is 2. The third-order valence-electron chi connectivity index (χ3n) is 5.89. The number of carbonyl (C=O) groups excluding carboxylic acids is 2. The molecule has 0 bridgehead atoms. The van der Waals surface area contributed by atoms with Crippen LogP contribution in [0.1, 0.15) is 65.8 Å². The Morgan fingerprint density at radius 1 is 1.31 bits per heavy atom. The predicted octanol–water partition coefficient (Wildman–Crippen LogP) is 2.55. The molecule has 0 fully saturated rings. The quantitative estimate of drug-likeness (QED) is 0.812. The third kappa shape index (κ3) is 4.33. The highest BCUT2D eigenvalue weighted by molar-refractivity contribution is 5.92. The van der Waals surface area contributed by atoms with E-state index in [2.05, 4.69) is 15.4 Å². The minimum Gasteiger partial charge on any atom is -0.347 e. The molecule has 7 heteroatoms. The standard InChI is InChI=1S/C22H31N5O2/c1-6-14(3)22(29)27-9-8-18-16(13-27)11-23-15(4)19(18)12-24-21(28)20-10-17(7-2)25-26(20)5/h10-11,14H,6-9,12-13H2,1-5H3,(H,24,28)/t14-/m0/s1. The first-order valence-corrected chi connectivity index (χ1v) is 10.4. The van der Waals surface area contributed by atoms with Crippen molar-refractivity contribution in [1.29, 1.82) is 0 Å². The van der Waals surface area contributed by atoms with E-state index in [1.54, 1.807) is 11.7 Å². The van der Waals surface area contributed by atoms with Crippen molar-refractivity contribution >= 4 is 11.8 Å². The van der Waals surface area contributed by atoms with E-state index in [4.69, 9.17) is 0 Å². The number of nitrogens with zero attached hydrogens (tertiary/aromatic N) is 4. The number of aryl methyl sites for hydroxylation is 3. The van der Waals surface area contributed by atoms with Gasteiger partial charge in [0.2, 0.25) is 5.91 Å². The number of hydrogen-bond acceptors (Lipinski definition) is 4. The second-order valence-corrected chi connectivity index (χ2v) is 7.83. The number of amides is 2. The molecule has 1 atom stereocenters. The Hall–Kier alpha value is -2.70. The van der Waals surface area contributed by atoms with Gasteiger partial charge in [-0.25, -0.2) is 0 Å². The van der Waals surface area contributed by atoms with Gasteiger partial charge in [0.05, 0.1) is 5.69 Å². The lowest BCUT2D eigenvalue weighted by Gasteiger charge is -2.32. The minimum absolute atomic E-state index is 0.0422. The Balaban J connectivity index is 1.75. The van der Waals surface area contributed by atoms with Crippen LogP contribution in [0.15, 0.2) is 12.3 Å². The van der Waals surface area contributed by atoms with Gasteiger partial charge in [-0.15, -0.1) is 0 Å². The van der Waals surface area contributed by atoms with Crippen LogP contribution < -0.4 is 5.32 Å². The maximum absolute atomic E-state index is 12.7. The Bertz CT molecular complexity index is 918. The van der Waals surface area contributed by atoms with Crippen molar-refractivity contribution in [3.63, 3.8) is 0 Å². The molecule has 1 N–H and O–H groups in total. The summed E-state index contributed by atoms with van der Waals surface area (Å²) in [7, 11) is 1.79. The van der Waals surface area contributed by atoms with Crippen LogP contribution in [-0.4, -0.2) is 38.0 Å². The van der Waals surface area contributed by atoms with E-state index in [0.29, 0.717) is 25.3 Å². The summed E-state index contributed by atoms with van der Waals surface area (Å²) >= 11 is 0. The summed E-state index contributed by atoms with van der Waals surface area (Å²) in [4.78, 5) is 31.7. The van der Waals surface area contributed by atoms with Gasteiger partial charge in [0.1, 0.15) is 5.69 Å². The van der Waals surface area contributed by atoms with E-state index in [-0.39, 0.29) is 17.7 Å². The first-order chi connectivity index (χ1) is 13.8. The van der Waals surface area contributed by atoms with Gasteiger partial charge in [0, 0.05) is 44.5 Å². The molecule has 0 spiro atoms. The van der Waals surface area contributed by atoms with Gasteiger partial charge in [-0.2, -0.15) is 5.10 Å². The van der Waals surface area contributed by atoms with Crippen molar-refractivity contribution in [2.45, 2.75) is 60.0 Å². The highest BCUT2D eigenvalue weighted by atomic mass is 16.2. The van der Waals surface area contributed by atoms with E-state index in [0.717, 1.165) is 41.8 Å². The van der Waals surface area contributed by atoms with Gasteiger partial charge in [0.25, 0.3) is 5.91 Å². The minimum atomic E-state index is -0.138. The fraction of sp³-hybridized carbons (Fsp3) is 0.545. The number of aromatic nitrogens is 3. The molecule has 3 heterocycles. The molecule has 0 saturated carbocycles. The maximum atomic E-state index is 12.7. The van der Waals surface area contributed by atoms with Crippen LogP contribution >= 0.6 is 0 Å². The fourth-order valence-corrected chi connectivity index (χ4v) is 3.80. The Labute approximate surface area is 172 Å². The van der Waals surface area contributed by atoms with Crippen LogP contribution in [0.5, 0.6) is 0 Å². The summed E-state index contributed by atoms with van der Waals surface area (Å²) in [5, 5.41) is 7.37. The molecule has 0 radical (unpaired) electrons. The number of nitrogens with one attached hydrogen (secondary N) is 1. The van der Waals surface area contributed by atoms with E-state index >= 15 is 0 Å². The molecular weight excluding hydrogens is 366 g/mol. The van der Waals surface area contributed by atoms with Gasteiger partial charge in [0.15, 0.2) is 0 Å². The topological polar surface area (TPSA) is 80.1 Å². The molecule has 0 saturated heterocycles. The largest absolute Gasteiger partial charge is 0.347 e. The number of hydrogen-bond donors (Lipinski definition) is 1. The molecule has 2 aromatic rings. The predicted molar refractivity (Wildman–Crippen MR) is 111 cm³/mol. The van der Waals surface area contributed by atoms with Crippen LogP contribution in [-0.2, 0) is 37.8 Å². The van der Waals surface area contributed by atoms with Gasteiger partial charge >= 0.3 is 0 Å². The lowest BCUT2D eigenvalue weighted by atomic mass is 9.94. The molecule has 7 nitrogen and oxygen atoms in total. The molecule has 29 heavy (non-hydrogen) atoms. The molecule has 156 valence electrons. The van der Waals surface area contributed by atoms with E-state index in [1.807, 2.05) is 44.9 Å². The zero-order chi connectivity index (χ0) is 21.1. The van der Waals surface area contributed by atoms with Gasteiger partial charge in [-0.1, -0.05) is 20.8 Å².